The highest BCUT2D eigenvalue weighted by molar-refractivity contribution is 4.96. The topological polar surface area (TPSA) is 32.5 Å². The molecular formula is C12H25N3. The molecule has 2 fully saturated rings. The van der Waals surface area contributed by atoms with Crippen LogP contribution in [0.1, 0.15) is 32.1 Å². The number of likely N-dealkylation sites (tertiary alicyclic amines) is 2. The molecule has 0 aromatic heterocycles. The smallest absolute Gasteiger partial charge is 0.0356 e. The van der Waals surface area contributed by atoms with E-state index in [4.69, 9.17) is 5.73 Å². The second kappa shape index (κ2) is 4.81. The van der Waals surface area contributed by atoms with Gasteiger partial charge in [0.05, 0.1) is 0 Å². The van der Waals surface area contributed by atoms with Crippen molar-refractivity contribution in [1.29, 1.82) is 0 Å². The third-order valence-corrected chi connectivity index (χ3v) is 4.32. The van der Waals surface area contributed by atoms with Gasteiger partial charge in [0.2, 0.25) is 0 Å². The minimum Gasteiger partial charge on any atom is -0.329 e. The van der Waals surface area contributed by atoms with Gasteiger partial charge >= 0.3 is 0 Å². The van der Waals surface area contributed by atoms with Crippen LogP contribution < -0.4 is 5.73 Å². The lowest BCUT2D eigenvalue weighted by molar-refractivity contribution is 0.0205. The van der Waals surface area contributed by atoms with Gasteiger partial charge in [0, 0.05) is 12.1 Å². The van der Waals surface area contributed by atoms with Gasteiger partial charge in [-0.1, -0.05) is 6.42 Å². The van der Waals surface area contributed by atoms with Gasteiger partial charge in [0.15, 0.2) is 0 Å². The molecule has 0 unspecified atom stereocenters. The van der Waals surface area contributed by atoms with E-state index in [-0.39, 0.29) is 0 Å². The Balaban J connectivity index is 2.00. The molecule has 0 amide bonds. The Morgan fingerprint density at radius 1 is 1.00 bits per heavy atom. The van der Waals surface area contributed by atoms with Crippen LogP contribution in [0.5, 0.6) is 0 Å². The first-order valence-electron chi connectivity index (χ1n) is 6.40. The molecule has 0 aromatic carbocycles. The summed E-state index contributed by atoms with van der Waals surface area (Å²) >= 11 is 0. The van der Waals surface area contributed by atoms with Crippen LogP contribution in [0.15, 0.2) is 0 Å². The van der Waals surface area contributed by atoms with Crippen molar-refractivity contribution in [3.8, 4) is 0 Å². The Kier molecular flexibility index (Phi) is 3.65. The van der Waals surface area contributed by atoms with E-state index in [1.165, 1.54) is 58.3 Å². The number of nitrogens with two attached hydrogens (primary N) is 1. The van der Waals surface area contributed by atoms with Crippen LogP contribution in [0.25, 0.3) is 0 Å². The van der Waals surface area contributed by atoms with E-state index in [0.717, 1.165) is 6.54 Å². The number of hydrogen-bond donors (Lipinski definition) is 1. The summed E-state index contributed by atoms with van der Waals surface area (Å²) in [6.45, 7) is 5.84. The number of hydrogen-bond acceptors (Lipinski definition) is 3. The predicted molar refractivity (Wildman–Crippen MR) is 63.9 cm³/mol. The monoisotopic (exact) mass is 211 g/mol. The lowest BCUT2D eigenvalue weighted by Gasteiger charge is -2.49. The number of piperidine rings is 2. The average Bonchev–Trinajstić information content (AvgIpc) is 2.32. The first-order valence-corrected chi connectivity index (χ1v) is 6.40. The average molecular weight is 211 g/mol. The highest BCUT2D eigenvalue weighted by atomic mass is 15.2. The van der Waals surface area contributed by atoms with Crippen molar-refractivity contribution in [2.24, 2.45) is 5.73 Å². The zero-order valence-electron chi connectivity index (χ0n) is 10.0. The van der Waals surface area contributed by atoms with E-state index >= 15 is 0 Å². The quantitative estimate of drug-likeness (QED) is 0.736. The fourth-order valence-corrected chi connectivity index (χ4v) is 3.05. The Hall–Kier alpha value is -0.120. The van der Waals surface area contributed by atoms with E-state index in [1.54, 1.807) is 0 Å². The maximum atomic E-state index is 6.05. The third kappa shape index (κ3) is 2.35. The van der Waals surface area contributed by atoms with Crippen LogP contribution in [0, 0.1) is 0 Å². The van der Waals surface area contributed by atoms with Crippen LogP contribution in [-0.2, 0) is 0 Å². The SMILES string of the molecule is CN1CCC(CN)(N2CCCCC2)CC1. The first-order chi connectivity index (χ1) is 7.27. The molecule has 0 spiro atoms. The van der Waals surface area contributed by atoms with E-state index in [0.29, 0.717) is 5.54 Å². The predicted octanol–water partition coefficient (Wildman–Crippen LogP) is 0.895. The van der Waals surface area contributed by atoms with Gasteiger partial charge in [-0.15, -0.1) is 0 Å². The normalized spacial score (nSPS) is 29.2. The van der Waals surface area contributed by atoms with Crippen molar-refractivity contribution in [2.75, 3.05) is 39.8 Å². The highest BCUT2D eigenvalue weighted by Crippen LogP contribution is 2.30. The molecule has 0 aliphatic carbocycles. The Morgan fingerprint density at radius 3 is 2.13 bits per heavy atom. The largest absolute Gasteiger partial charge is 0.329 e. The fourth-order valence-electron chi connectivity index (χ4n) is 3.05. The van der Waals surface area contributed by atoms with E-state index in [9.17, 15) is 0 Å². The van der Waals surface area contributed by atoms with Crippen molar-refractivity contribution in [1.82, 2.24) is 9.80 Å². The van der Waals surface area contributed by atoms with Crippen LogP contribution in [0.4, 0.5) is 0 Å². The molecule has 0 radical (unpaired) electrons. The lowest BCUT2D eigenvalue weighted by atomic mass is 9.84. The summed E-state index contributed by atoms with van der Waals surface area (Å²) in [4.78, 5) is 5.11. The molecule has 3 nitrogen and oxygen atoms in total. The van der Waals surface area contributed by atoms with Gasteiger partial charge in [-0.2, -0.15) is 0 Å². The molecule has 2 saturated heterocycles. The molecule has 0 bridgehead atoms. The molecule has 0 saturated carbocycles. The number of rotatable bonds is 2. The van der Waals surface area contributed by atoms with Gasteiger partial charge in [0.1, 0.15) is 0 Å². The molecule has 2 rings (SSSR count). The summed E-state index contributed by atoms with van der Waals surface area (Å²) in [5.41, 5.74) is 6.39. The summed E-state index contributed by atoms with van der Waals surface area (Å²) in [7, 11) is 2.22. The first kappa shape index (κ1) is 11.4. The molecule has 15 heavy (non-hydrogen) atoms. The zero-order valence-corrected chi connectivity index (χ0v) is 10.0. The maximum absolute atomic E-state index is 6.05. The molecule has 2 N–H and O–H groups in total. The number of nitrogens with zero attached hydrogens (tertiary/aromatic N) is 2. The van der Waals surface area contributed by atoms with Gasteiger partial charge in [-0.05, 0) is 58.9 Å². The summed E-state index contributed by atoms with van der Waals surface area (Å²) < 4.78 is 0. The maximum Gasteiger partial charge on any atom is 0.0356 e. The zero-order chi connectivity index (χ0) is 10.7. The molecule has 2 heterocycles. The highest BCUT2D eigenvalue weighted by Gasteiger charge is 2.38. The Morgan fingerprint density at radius 2 is 1.60 bits per heavy atom. The summed E-state index contributed by atoms with van der Waals surface area (Å²) in [5.74, 6) is 0. The van der Waals surface area contributed by atoms with Gasteiger partial charge in [-0.3, -0.25) is 4.90 Å². The van der Waals surface area contributed by atoms with E-state index in [2.05, 4.69) is 16.8 Å². The van der Waals surface area contributed by atoms with Gasteiger partial charge in [-0.25, -0.2) is 0 Å². The van der Waals surface area contributed by atoms with Gasteiger partial charge < -0.3 is 10.6 Å². The van der Waals surface area contributed by atoms with Crippen molar-refractivity contribution in [2.45, 2.75) is 37.6 Å². The molecule has 0 aromatic rings. The fraction of sp³-hybridized carbons (Fsp3) is 1.00. The molecule has 2 aliphatic rings. The van der Waals surface area contributed by atoms with Crippen LogP contribution >= 0.6 is 0 Å². The minimum atomic E-state index is 0.340. The Labute approximate surface area is 93.6 Å². The standard InChI is InChI=1S/C12H25N3/c1-14-9-5-12(11-13,6-10-14)15-7-3-2-4-8-15/h2-11,13H2,1H3. The van der Waals surface area contributed by atoms with E-state index in [1.807, 2.05) is 0 Å². The van der Waals surface area contributed by atoms with Crippen molar-refractivity contribution in [3.05, 3.63) is 0 Å². The van der Waals surface area contributed by atoms with Crippen LogP contribution in [-0.4, -0.2) is 55.1 Å². The van der Waals surface area contributed by atoms with Crippen molar-refractivity contribution < 1.29 is 0 Å². The van der Waals surface area contributed by atoms with E-state index < -0.39 is 0 Å². The molecule has 3 heteroatoms. The lowest BCUT2D eigenvalue weighted by Crippen LogP contribution is -2.60. The van der Waals surface area contributed by atoms with Crippen molar-refractivity contribution in [3.63, 3.8) is 0 Å². The minimum absolute atomic E-state index is 0.340. The summed E-state index contributed by atoms with van der Waals surface area (Å²) in [6, 6.07) is 0. The van der Waals surface area contributed by atoms with Crippen molar-refractivity contribution >= 4 is 0 Å². The molecule has 2 aliphatic heterocycles. The molecule has 0 atom stereocenters. The summed E-state index contributed by atoms with van der Waals surface area (Å²) in [5, 5.41) is 0. The second-order valence-electron chi connectivity index (χ2n) is 5.28. The van der Waals surface area contributed by atoms with Crippen LogP contribution in [0.2, 0.25) is 0 Å². The van der Waals surface area contributed by atoms with Crippen LogP contribution in [0.3, 0.4) is 0 Å². The summed E-state index contributed by atoms with van der Waals surface area (Å²) in [6.07, 6.45) is 6.69. The third-order valence-electron chi connectivity index (χ3n) is 4.32. The van der Waals surface area contributed by atoms with Gasteiger partial charge in [0.25, 0.3) is 0 Å². The molecule has 88 valence electrons. The second-order valence-corrected chi connectivity index (χ2v) is 5.28. The Bertz CT molecular complexity index is 191. The molecular weight excluding hydrogens is 186 g/mol.